The molecule has 0 amide bonds. The van der Waals surface area contributed by atoms with Crippen LogP contribution < -0.4 is 4.74 Å². The van der Waals surface area contributed by atoms with E-state index in [-0.39, 0.29) is 0 Å². The van der Waals surface area contributed by atoms with E-state index in [2.05, 4.69) is 25.4 Å². The lowest BCUT2D eigenvalue weighted by atomic mass is 9.84. The summed E-state index contributed by atoms with van der Waals surface area (Å²) >= 11 is 0. The van der Waals surface area contributed by atoms with Gasteiger partial charge in [-0.1, -0.05) is 28.6 Å². The van der Waals surface area contributed by atoms with Crippen molar-refractivity contribution in [3.63, 3.8) is 0 Å². The number of nitrogens with zero attached hydrogens (tertiary/aromatic N) is 6. The number of benzene rings is 2. The summed E-state index contributed by atoms with van der Waals surface area (Å²) in [6.07, 6.45) is 5.62. The fourth-order valence-corrected chi connectivity index (χ4v) is 5.45. The van der Waals surface area contributed by atoms with Crippen molar-refractivity contribution in [3.8, 4) is 16.9 Å². The zero-order chi connectivity index (χ0) is 28.1. The maximum atomic E-state index is 12.8. The Balaban J connectivity index is 1.42. The minimum absolute atomic E-state index is 0.345. The summed E-state index contributed by atoms with van der Waals surface area (Å²) in [6, 6.07) is 17.2. The van der Waals surface area contributed by atoms with E-state index in [1.54, 1.807) is 30.3 Å². The maximum Gasteiger partial charge on any atom is 0.179 e. The third-order valence-electron chi connectivity index (χ3n) is 7.73. The fourth-order valence-electron chi connectivity index (χ4n) is 5.45. The molecule has 0 spiro atoms. The zero-order valence-corrected chi connectivity index (χ0v) is 23.0. The molecule has 4 aromatic heterocycles. The highest BCUT2D eigenvalue weighted by Gasteiger charge is 2.41. The van der Waals surface area contributed by atoms with Gasteiger partial charge < -0.3 is 19.4 Å². The van der Waals surface area contributed by atoms with Gasteiger partial charge in [0.05, 0.1) is 42.3 Å². The molecule has 2 aromatic carbocycles. The number of hydrogen-bond acceptors (Lipinski definition) is 8. The number of aromatic amines is 1. The molecular weight excluding hydrogens is 518 g/mol. The first-order chi connectivity index (χ1) is 19.9. The van der Waals surface area contributed by atoms with Crippen LogP contribution in [0.5, 0.6) is 5.75 Å². The van der Waals surface area contributed by atoms with Crippen LogP contribution in [-0.2, 0) is 12.1 Å². The van der Waals surface area contributed by atoms with Gasteiger partial charge in [-0.05, 0) is 74.2 Å². The summed E-state index contributed by atoms with van der Waals surface area (Å²) in [5, 5.41) is 25.9. The molecule has 1 fully saturated rings. The van der Waals surface area contributed by atoms with Crippen molar-refractivity contribution in [1.82, 2.24) is 35.1 Å². The summed E-state index contributed by atoms with van der Waals surface area (Å²) in [4.78, 5) is 13.1. The second-order valence-electron chi connectivity index (χ2n) is 10.6. The number of aryl methyl sites for hydroxylation is 2. The average molecular weight is 548 g/mol. The van der Waals surface area contributed by atoms with Crippen molar-refractivity contribution >= 4 is 11.0 Å². The predicted octanol–water partition coefficient (Wildman–Crippen LogP) is 5.04. The third kappa shape index (κ3) is 4.36. The molecule has 1 aliphatic rings. The highest BCUT2D eigenvalue weighted by atomic mass is 16.5. The Morgan fingerprint density at radius 1 is 1.10 bits per heavy atom. The molecule has 2 N–H and O–H groups in total. The lowest BCUT2D eigenvalue weighted by Gasteiger charge is -2.27. The molecule has 41 heavy (non-hydrogen) atoms. The third-order valence-corrected chi connectivity index (χ3v) is 7.73. The van der Waals surface area contributed by atoms with E-state index in [4.69, 9.17) is 14.2 Å². The molecule has 4 heterocycles. The first-order valence-corrected chi connectivity index (χ1v) is 13.6. The number of hydrogen-bond donors (Lipinski definition) is 2. The first kappa shape index (κ1) is 25.2. The standard InChI is InChI=1S/C31H29N7O3/c1-18-28(19(2)41-36-18)22-14-24(29-25(15-22)33-30(34-29)21-9-10-21)31(39,26-6-4-5-13-32-26)27-17-38(37-35-27)16-20-7-11-23(40-3)12-8-20/h4-8,11-15,17,21,39H,9-10,16H2,1-3H3,(H,33,34). The number of methoxy groups -OCH3 is 1. The van der Waals surface area contributed by atoms with Crippen LogP contribution in [0, 0.1) is 13.8 Å². The topological polar surface area (TPSA) is 128 Å². The van der Waals surface area contributed by atoms with Gasteiger partial charge in [0.2, 0.25) is 0 Å². The van der Waals surface area contributed by atoms with Crippen molar-refractivity contribution in [1.29, 1.82) is 0 Å². The van der Waals surface area contributed by atoms with Gasteiger partial charge in [-0.25, -0.2) is 9.67 Å². The number of fused-ring (bicyclic) bond motifs is 1. The molecule has 0 radical (unpaired) electrons. The largest absolute Gasteiger partial charge is 0.497 e. The molecule has 7 rings (SSSR count). The van der Waals surface area contributed by atoms with E-state index in [9.17, 15) is 5.11 Å². The number of pyridine rings is 1. The van der Waals surface area contributed by atoms with Crippen molar-refractivity contribution < 1.29 is 14.4 Å². The Kier molecular flexibility index (Phi) is 5.93. The smallest absolute Gasteiger partial charge is 0.179 e. The second kappa shape index (κ2) is 9.67. The van der Waals surface area contributed by atoms with Crippen LogP contribution in [0.1, 0.15) is 58.6 Å². The monoisotopic (exact) mass is 547 g/mol. The summed E-state index contributed by atoms with van der Waals surface area (Å²) in [6.45, 7) is 4.27. The molecule has 0 saturated heterocycles. The van der Waals surface area contributed by atoms with Crippen LogP contribution in [0.15, 0.2) is 71.5 Å². The Labute approximate surface area is 236 Å². The number of imidazole rings is 1. The Hall–Kier alpha value is -4.83. The van der Waals surface area contributed by atoms with Crippen molar-refractivity contribution in [3.05, 3.63) is 107 Å². The Bertz CT molecular complexity index is 1830. The first-order valence-electron chi connectivity index (χ1n) is 13.6. The number of nitrogens with one attached hydrogen (secondary N) is 1. The second-order valence-corrected chi connectivity index (χ2v) is 10.6. The zero-order valence-electron chi connectivity index (χ0n) is 23.0. The summed E-state index contributed by atoms with van der Waals surface area (Å²) in [5.41, 5.74) is 4.58. The number of H-pyrrole nitrogens is 1. The lowest BCUT2D eigenvalue weighted by Crippen LogP contribution is -2.31. The minimum atomic E-state index is -1.75. The molecule has 0 bridgehead atoms. The van der Waals surface area contributed by atoms with Crippen molar-refractivity contribution in [2.45, 2.75) is 44.8 Å². The Morgan fingerprint density at radius 3 is 2.61 bits per heavy atom. The molecule has 1 saturated carbocycles. The van der Waals surface area contributed by atoms with Crippen molar-refractivity contribution in [2.75, 3.05) is 7.11 Å². The van der Waals surface area contributed by atoms with Gasteiger partial charge in [0.25, 0.3) is 0 Å². The molecule has 10 heteroatoms. The SMILES string of the molecule is COc1ccc(Cn2cc(C(O)(c3ccccn3)c3cc(-c4c(C)noc4C)cc4[nH]c(C5CC5)nc34)nn2)cc1. The van der Waals surface area contributed by atoms with Crippen LogP contribution in [0.3, 0.4) is 0 Å². The van der Waals surface area contributed by atoms with Crippen LogP contribution in [-0.4, -0.2) is 47.3 Å². The van der Waals surface area contributed by atoms with E-state index >= 15 is 0 Å². The minimum Gasteiger partial charge on any atom is -0.497 e. The predicted molar refractivity (Wildman–Crippen MR) is 151 cm³/mol. The van der Waals surface area contributed by atoms with Gasteiger partial charge in [0.1, 0.15) is 23.0 Å². The molecule has 1 atom stereocenters. The van der Waals surface area contributed by atoms with E-state index in [0.29, 0.717) is 40.7 Å². The summed E-state index contributed by atoms with van der Waals surface area (Å²) in [7, 11) is 1.64. The average Bonchev–Trinajstić information content (AvgIpc) is 3.42. The van der Waals surface area contributed by atoms with Gasteiger partial charge in [-0.3, -0.25) is 4.98 Å². The van der Waals surface area contributed by atoms with Gasteiger partial charge in [-0.2, -0.15) is 0 Å². The molecule has 206 valence electrons. The van der Waals surface area contributed by atoms with Gasteiger partial charge >= 0.3 is 0 Å². The summed E-state index contributed by atoms with van der Waals surface area (Å²) < 4.78 is 12.5. The van der Waals surface area contributed by atoms with Crippen LogP contribution in [0.4, 0.5) is 0 Å². The van der Waals surface area contributed by atoms with E-state index in [1.165, 1.54) is 0 Å². The highest BCUT2D eigenvalue weighted by Crippen LogP contribution is 2.44. The summed E-state index contributed by atoms with van der Waals surface area (Å²) in [5.74, 6) is 2.79. The Morgan fingerprint density at radius 2 is 1.93 bits per heavy atom. The normalized spacial score (nSPS) is 14.8. The van der Waals surface area contributed by atoms with E-state index in [1.807, 2.05) is 62.4 Å². The number of ether oxygens (including phenoxy) is 1. The van der Waals surface area contributed by atoms with Gasteiger partial charge in [0, 0.05) is 23.2 Å². The van der Waals surface area contributed by atoms with Crippen LogP contribution in [0.25, 0.3) is 22.2 Å². The van der Waals surface area contributed by atoms with E-state index in [0.717, 1.165) is 52.3 Å². The lowest BCUT2D eigenvalue weighted by molar-refractivity contribution is 0.117. The van der Waals surface area contributed by atoms with Crippen LogP contribution in [0.2, 0.25) is 0 Å². The molecule has 0 aliphatic heterocycles. The number of aromatic nitrogens is 7. The molecule has 10 nitrogen and oxygen atoms in total. The molecule has 6 aromatic rings. The van der Waals surface area contributed by atoms with E-state index < -0.39 is 5.60 Å². The maximum absolute atomic E-state index is 12.8. The molecular formula is C31H29N7O3. The van der Waals surface area contributed by atoms with Crippen molar-refractivity contribution in [2.24, 2.45) is 0 Å². The quantitative estimate of drug-likeness (QED) is 0.271. The number of rotatable bonds is 8. The highest BCUT2D eigenvalue weighted by molar-refractivity contribution is 5.88. The molecule has 1 aliphatic carbocycles. The number of aliphatic hydroxyl groups is 1. The van der Waals surface area contributed by atoms with Gasteiger partial charge in [0.15, 0.2) is 5.60 Å². The molecule has 1 unspecified atom stereocenters. The van der Waals surface area contributed by atoms with Crippen LogP contribution >= 0.6 is 0 Å². The fraction of sp³-hybridized carbons (Fsp3) is 0.258. The van der Waals surface area contributed by atoms with Gasteiger partial charge in [-0.15, -0.1) is 5.10 Å².